The highest BCUT2D eigenvalue weighted by Crippen LogP contribution is 2.45. The zero-order valence-corrected chi connectivity index (χ0v) is 32.3. The molecule has 8 bridgehead atoms. The molecule has 10 nitrogen and oxygen atoms in total. The van der Waals surface area contributed by atoms with Gasteiger partial charge in [0, 0.05) is 44.3 Å². The van der Waals surface area contributed by atoms with Crippen molar-refractivity contribution in [1.82, 2.24) is 19.9 Å². The molecule has 3 aromatic heterocycles. The third kappa shape index (κ3) is 6.44. The number of aliphatic hydroxyl groups excluding tert-OH is 2. The average molecular weight is 769 g/mol. The van der Waals surface area contributed by atoms with Gasteiger partial charge in [0.15, 0.2) is 0 Å². The first-order chi connectivity index (χ1) is 28.4. The summed E-state index contributed by atoms with van der Waals surface area (Å²) in [6, 6.07) is 38.9. The van der Waals surface area contributed by atoms with Gasteiger partial charge in [0.1, 0.15) is 35.2 Å². The Kier molecular flexibility index (Phi) is 9.49. The Morgan fingerprint density at radius 3 is 0.948 bits per heavy atom. The van der Waals surface area contributed by atoms with Crippen LogP contribution in [0.2, 0.25) is 0 Å². The Hall–Kier alpha value is -7.14. The molecule has 288 valence electrons. The molecule has 0 aliphatic carbocycles. The average Bonchev–Trinajstić information content (AvgIpc) is 4.10. The molecule has 9 rings (SSSR count). The minimum Gasteiger partial charge on any atom is -0.497 e. The molecule has 0 radical (unpaired) electrons. The fourth-order valence-corrected chi connectivity index (χ4v) is 7.78. The number of nitrogens with one attached hydrogen (secondary N) is 2. The molecule has 4 N–H and O–H groups in total. The highest BCUT2D eigenvalue weighted by atomic mass is 16.5. The smallest absolute Gasteiger partial charge is 0.128 e. The standard InChI is InChI=1S/C48H40N4O6/c1-55-31-13-5-27(6-14-31)41-35-21-22-36(49-35)42(28-7-15-32(56-2)16-8-28)38-24-26-40(51-38)44(30-11-19-34(58-4)20-12-30)46-48(54)47(53)45(52-46)43(39-25-23-37(41)50-39)29-9-17-33(57-3)18-10-29/h5-26,47-48,50-51,53-54H,1-4H3/t47-,48+. The summed E-state index contributed by atoms with van der Waals surface area (Å²) in [6.07, 6.45) is 1.35. The first kappa shape index (κ1) is 36.5. The van der Waals surface area contributed by atoms with Gasteiger partial charge < -0.3 is 39.1 Å². The van der Waals surface area contributed by atoms with Crippen molar-refractivity contribution in [2.24, 2.45) is 0 Å². The van der Waals surface area contributed by atoms with E-state index in [9.17, 15) is 10.2 Å². The lowest BCUT2D eigenvalue weighted by Crippen LogP contribution is -2.05. The first-order valence-electron chi connectivity index (χ1n) is 18.8. The van der Waals surface area contributed by atoms with E-state index in [2.05, 4.69) is 9.97 Å². The predicted molar refractivity (Wildman–Crippen MR) is 228 cm³/mol. The summed E-state index contributed by atoms with van der Waals surface area (Å²) < 4.78 is 22.0. The molecule has 0 amide bonds. The SMILES string of the molecule is COc1ccc(-c2c3nc(c(-c4ccc(OC)cc4)c4ccc([nH]4)c(-c4ccc(OC)cc4)c4nc(c(-c5ccc(OC)cc5)c5ccc2[nH]5)[C@@H](O)[C@H]4O)C=C3)cc1. The number of aromatic nitrogens is 4. The van der Waals surface area contributed by atoms with Gasteiger partial charge in [-0.1, -0.05) is 48.5 Å². The third-order valence-corrected chi connectivity index (χ3v) is 10.7. The maximum atomic E-state index is 12.0. The largest absolute Gasteiger partial charge is 0.497 e. The van der Waals surface area contributed by atoms with Crippen molar-refractivity contribution in [1.29, 1.82) is 0 Å². The monoisotopic (exact) mass is 768 g/mol. The summed E-state index contributed by atoms with van der Waals surface area (Å²) in [6.45, 7) is 0. The molecule has 0 fully saturated rings. The van der Waals surface area contributed by atoms with E-state index in [4.69, 9.17) is 28.9 Å². The van der Waals surface area contributed by atoms with Gasteiger partial charge in [0.25, 0.3) is 0 Å². The number of aromatic amines is 2. The fourth-order valence-electron chi connectivity index (χ4n) is 7.78. The Bertz CT molecular complexity index is 2650. The van der Waals surface area contributed by atoms with Crippen LogP contribution in [0, 0.1) is 0 Å². The van der Waals surface area contributed by atoms with Gasteiger partial charge in [-0.05, 0) is 107 Å². The zero-order valence-electron chi connectivity index (χ0n) is 32.3. The van der Waals surface area contributed by atoms with Crippen LogP contribution in [0.15, 0.2) is 121 Å². The predicted octanol–water partition coefficient (Wildman–Crippen LogP) is 9.95. The number of hydrogen-bond donors (Lipinski definition) is 4. The van der Waals surface area contributed by atoms with Crippen LogP contribution in [0.5, 0.6) is 23.0 Å². The van der Waals surface area contributed by atoms with Crippen LogP contribution in [0.3, 0.4) is 0 Å². The molecule has 2 aliphatic heterocycles. The number of H-pyrrole nitrogens is 2. The number of methoxy groups -OCH3 is 4. The van der Waals surface area contributed by atoms with Gasteiger partial charge in [0.05, 0.1) is 51.2 Å². The van der Waals surface area contributed by atoms with E-state index in [1.807, 2.05) is 133 Å². The van der Waals surface area contributed by atoms with Crippen LogP contribution >= 0.6 is 0 Å². The minimum absolute atomic E-state index is 0.316. The van der Waals surface area contributed by atoms with Gasteiger partial charge in [-0.3, -0.25) is 4.98 Å². The van der Waals surface area contributed by atoms with Crippen molar-refractivity contribution in [2.45, 2.75) is 12.2 Å². The lowest BCUT2D eigenvalue weighted by molar-refractivity contribution is 0.0260. The summed E-state index contributed by atoms with van der Waals surface area (Å²) >= 11 is 0. The highest BCUT2D eigenvalue weighted by Gasteiger charge is 2.34. The molecule has 0 unspecified atom stereocenters. The molecular formula is C48H40N4O6. The molecular weight excluding hydrogens is 729 g/mol. The second kappa shape index (κ2) is 15.1. The first-order valence-corrected chi connectivity index (χ1v) is 18.8. The van der Waals surface area contributed by atoms with Crippen molar-refractivity contribution in [3.8, 4) is 67.5 Å². The van der Waals surface area contributed by atoms with Crippen molar-refractivity contribution in [2.75, 3.05) is 28.4 Å². The maximum Gasteiger partial charge on any atom is 0.128 e. The number of fused-ring (bicyclic) bond motifs is 8. The molecule has 0 saturated carbocycles. The second-order valence-corrected chi connectivity index (χ2v) is 14.0. The summed E-state index contributed by atoms with van der Waals surface area (Å²) in [4.78, 5) is 17.8. The second-order valence-electron chi connectivity index (χ2n) is 14.0. The molecule has 0 saturated heterocycles. The normalized spacial score (nSPS) is 14.7. The van der Waals surface area contributed by atoms with Gasteiger partial charge in [-0.25, -0.2) is 4.98 Å². The van der Waals surface area contributed by atoms with E-state index in [0.29, 0.717) is 45.0 Å². The van der Waals surface area contributed by atoms with Crippen LogP contribution in [-0.2, 0) is 0 Å². The molecule has 7 aromatic rings. The Morgan fingerprint density at radius 1 is 0.379 bits per heavy atom. The number of aliphatic hydroxyl groups is 2. The van der Waals surface area contributed by atoms with Crippen molar-refractivity contribution < 1.29 is 29.2 Å². The zero-order chi connectivity index (χ0) is 39.9. The van der Waals surface area contributed by atoms with Gasteiger partial charge in [0.2, 0.25) is 0 Å². The highest BCUT2D eigenvalue weighted by molar-refractivity contribution is 5.97. The number of ether oxygens (including phenoxy) is 4. The van der Waals surface area contributed by atoms with Crippen molar-refractivity contribution in [3.05, 3.63) is 144 Å². The number of hydrogen-bond acceptors (Lipinski definition) is 8. The van der Waals surface area contributed by atoms with E-state index in [1.54, 1.807) is 28.4 Å². The Morgan fingerprint density at radius 2 is 0.655 bits per heavy atom. The molecule has 2 aliphatic rings. The third-order valence-electron chi connectivity index (χ3n) is 10.7. The minimum atomic E-state index is -1.36. The lowest BCUT2D eigenvalue weighted by atomic mass is 9.97. The van der Waals surface area contributed by atoms with E-state index >= 15 is 0 Å². The van der Waals surface area contributed by atoms with E-state index in [-0.39, 0.29) is 0 Å². The molecule has 0 spiro atoms. The number of rotatable bonds is 8. The van der Waals surface area contributed by atoms with Crippen molar-refractivity contribution >= 4 is 34.2 Å². The van der Waals surface area contributed by atoms with Crippen LogP contribution in [0.25, 0.3) is 78.7 Å². The van der Waals surface area contributed by atoms with Crippen LogP contribution < -0.4 is 18.9 Å². The maximum absolute atomic E-state index is 12.0. The summed E-state index contributed by atoms with van der Waals surface area (Å²) in [5.74, 6) is 2.84. The van der Waals surface area contributed by atoms with E-state index in [0.717, 1.165) is 67.3 Å². The molecule has 2 atom stereocenters. The summed E-state index contributed by atoms with van der Waals surface area (Å²) in [5, 5.41) is 24.1. The van der Waals surface area contributed by atoms with Crippen molar-refractivity contribution in [3.63, 3.8) is 0 Å². The number of benzene rings is 4. The Balaban J connectivity index is 1.46. The van der Waals surface area contributed by atoms with Gasteiger partial charge in [-0.2, -0.15) is 0 Å². The summed E-state index contributed by atoms with van der Waals surface area (Å²) in [5.41, 5.74) is 11.5. The molecule has 58 heavy (non-hydrogen) atoms. The number of nitrogens with zero attached hydrogens (tertiary/aromatic N) is 2. The fraction of sp³-hybridized carbons (Fsp3) is 0.125. The molecule has 10 heteroatoms. The van der Waals surface area contributed by atoms with Crippen LogP contribution in [-0.4, -0.2) is 58.6 Å². The molecule has 5 heterocycles. The topological polar surface area (TPSA) is 135 Å². The Labute approximate surface area is 334 Å². The van der Waals surface area contributed by atoms with E-state index in [1.165, 1.54) is 0 Å². The van der Waals surface area contributed by atoms with Gasteiger partial charge in [-0.15, -0.1) is 0 Å². The van der Waals surface area contributed by atoms with Crippen LogP contribution in [0.4, 0.5) is 0 Å². The van der Waals surface area contributed by atoms with E-state index < -0.39 is 12.2 Å². The van der Waals surface area contributed by atoms with Crippen LogP contribution in [0.1, 0.15) is 35.0 Å². The lowest BCUT2D eigenvalue weighted by Gasteiger charge is -2.13. The summed E-state index contributed by atoms with van der Waals surface area (Å²) in [7, 11) is 6.53. The quantitative estimate of drug-likeness (QED) is 0.120. The van der Waals surface area contributed by atoms with Gasteiger partial charge >= 0.3 is 0 Å². The molecule has 4 aromatic carbocycles.